The number of hydrogen-bond acceptors (Lipinski definition) is 3. The molecule has 1 N–H and O–H groups in total. The van der Waals surface area contributed by atoms with E-state index in [1.807, 2.05) is 11.8 Å². The minimum Gasteiger partial charge on any atom is -0.359 e. The lowest BCUT2D eigenvalue weighted by molar-refractivity contribution is 0.452. The van der Waals surface area contributed by atoms with E-state index in [1.165, 1.54) is 37.0 Å². The van der Waals surface area contributed by atoms with Crippen LogP contribution in [0.5, 0.6) is 0 Å². The van der Waals surface area contributed by atoms with E-state index in [0.29, 0.717) is 5.54 Å². The third-order valence-corrected chi connectivity index (χ3v) is 5.63. The Kier molecular flexibility index (Phi) is 3.17. The van der Waals surface area contributed by atoms with Crippen LogP contribution in [-0.2, 0) is 0 Å². The van der Waals surface area contributed by atoms with Gasteiger partial charge in [0.25, 0.3) is 0 Å². The minimum absolute atomic E-state index is 0.285. The number of thiophene rings is 1. The maximum atomic E-state index is 4.81. The number of hydrogen-bond donors (Lipinski definition) is 1. The molecule has 3 rings (SSSR count). The number of aliphatic imine (C=N–C) groups is 1. The Balaban J connectivity index is 1.69. The first-order valence-corrected chi connectivity index (χ1v) is 8.21. The van der Waals surface area contributed by atoms with Crippen LogP contribution >= 0.6 is 23.1 Å². The molecule has 2 aliphatic rings. The predicted molar refractivity (Wildman–Crippen MR) is 77.0 cm³/mol. The number of rotatable bonds is 2. The average Bonchev–Trinajstić information content (AvgIpc) is 3.04. The standard InChI is InChI=1S/C13H18N2S2/c1-10(11-4-7-16-8-11)14-12-15-13(9-17-12)5-2-3-6-13/h4,7-8,10H,2-3,5-6,9H2,1H3,(H,14,15). The van der Waals surface area contributed by atoms with Crippen LogP contribution < -0.4 is 5.32 Å². The second-order valence-corrected chi connectivity index (χ2v) is 6.81. The number of nitrogens with zero attached hydrogens (tertiary/aromatic N) is 1. The number of thioether (sulfide) groups is 1. The lowest BCUT2D eigenvalue weighted by Crippen LogP contribution is -2.40. The van der Waals surface area contributed by atoms with Gasteiger partial charge < -0.3 is 5.32 Å². The first kappa shape index (κ1) is 11.6. The van der Waals surface area contributed by atoms with Crippen LogP contribution in [0.4, 0.5) is 0 Å². The number of nitrogens with one attached hydrogen (secondary N) is 1. The van der Waals surface area contributed by atoms with Gasteiger partial charge in [0, 0.05) is 11.3 Å². The highest BCUT2D eigenvalue weighted by Crippen LogP contribution is 2.38. The normalized spacial score (nSPS) is 26.5. The minimum atomic E-state index is 0.285. The van der Waals surface area contributed by atoms with E-state index in [2.05, 4.69) is 29.1 Å². The molecule has 0 amide bonds. The lowest BCUT2D eigenvalue weighted by atomic mass is 10.0. The molecule has 1 aliphatic heterocycles. The SMILES string of the molecule is CC(N=C1NC2(CCCC2)CS1)c1ccsc1. The van der Waals surface area contributed by atoms with Crippen LogP contribution in [0.15, 0.2) is 21.8 Å². The predicted octanol–water partition coefficient (Wildman–Crippen LogP) is 3.81. The molecular weight excluding hydrogens is 248 g/mol. The smallest absolute Gasteiger partial charge is 0.157 e. The van der Waals surface area contributed by atoms with Crippen LogP contribution in [0, 0.1) is 0 Å². The first-order valence-electron chi connectivity index (χ1n) is 6.28. The molecule has 0 radical (unpaired) electrons. The van der Waals surface area contributed by atoms with Gasteiger partial charge in [-0.1, -0.05) is 24.6 Å². The van der Waals surface area contributed by atoms with Crippen LogP contribution in [0.3, 0.4) is 0 Å². The fraction of sp³-hybridized carbons (Fsp3) is 0.615. The molecule has 1 saturated heterocycles. The Morgan fingerprint density at radius 1 is 1.41 bits per heavy atom. The molecule has 17 heavy (non-hydrogen) atoms. The van der Waals surface area contributed by atoms with E-state index >= 15 is 0 Å². The van der Waals surface area contributed by atoms with Crippen molar-refractivity contribution in [3.05, 3.63) is 22.4 Å². The summed E-state index contributed by atoms with van der Waals surface area (Å²) in [5.41, 5.74) is 1.72. The van der Waals surface area contributed by atoms with Crippen molar-refractivity contribution in [2.24, 2.45) is 4.99 Å². The zero-order valence-electron chi connectivity index (χ0n) is 10.1. The molecule has 92 valence electrons. The topological polar surface area (TPSA) is 24.4 Å². The molecule has 2 heterocycles. The average molecular weight is 266 g/mol. The van der Waals surface area contributed by atoms with E-state index in [0.717, 1.165) is 5.17 Å². The highest BCUT2D eigenvalue weighted by molar-refractivity contribution is 8.14. The highest BCUT2D eigenvalue weighted by Gasteiger charge is 2.39. The van der Waals surface area contributed by atoms with Crippen molar-refractivity contribution in [2.45, 2.75) is 44.2 Å². The third kappa shape index (κ3) is 2.38. The molecule has 1 aromatic rings. The van der Waals surface area contributed by atoms with E-state index in [4.69, 9.17) is 4.99 Å². The van der Waals surface area contributed by atoms with E-state index in [1.54, 1.807) is 11.3 Å². The lowest BCUT2D eigenvalue weighted by Gasteiger charge is -2.22. The summed E-state index contributed by atoms with van der Waals surface area (Å²) in [5.74, 6) is 1.21. The molecule has 1 spiro atoms. The summed E-state index contributed by atoms with van der Waals surface area (Å²) in [6.45, 7) is 2.18. The Morgan fingerprint density at radius 2 is 2.24 bits per heavy atom. The summed E-state index contributed by atoms with van der Waals surface area (Å²) in [5, 5.41) is 9.15. The van der Waals surface area contributed by atoms with Crippen molar-refractivity contribution in [1.29, 1.82) is 0 Å². The summed E-state index contributed by atoms with van der Waals surface area (Å²) in [6.07, 6.45) is 5.40. The van der Waals surface area contributed by atoms with Gasteiger partial charge in [-0.05, 0) is 42.2 Å². The number of amidine groups is 1. The summed E-state index contributed by atoms with van der Waals surface area (Å²) in [7, 11) is 0. The van der Waals surface area contributed by atoms with Crippen LogP contribution in [0.25, 0.3) is 0 Å². The van der Waals surface area contributed by atoms with Gasteiger partial charge in [-0.25, -0.2) is 0 Å². The van der Waals surface area contributed by atoms with Crippen LogP contribution in [0.1, 0.15) is 44.2 Å². The molecule has 1 atom stereocenters. The Labute approximate surface area is 111 Å². The first-order chi connectivity index (χ1) is 8.27. The van der Waals surface area contributed by atoms with E-state index < -0.39 is 0 Å². The summed E-state index contributed by atoms with van der Waals surface area (Å²) >= 11 is 3.65. The Bertz CT molecular complexity index is 405. The zero-order valence-corrected chi connectivity index (χ0v) is 11.7. The van der Waals surface area contributed by atoms with E-state index in [9.17, 15) is 0 Å². The highest BCUT2D eigenvalue weighted by atomic mass is 32.2. The summed E-state index contributed by atoms with van der Waals surface area (Å²) < 4.78 is 0. The van der Waals surface area contributed by atoms with Crippen molar-refractivity contribution < 1.29 is 0 Å². The second-order valence-electron chi connectivity index (χ2n) is 5.07. The van der Waals surface area contributed by atoms with Crippen molar-refractivity contribution >= 4 is 28.3 Å². The van der Waals surface area contributed by atoms with Gasteiger partial charge in [0.2, 0.25) is 0 Å². The largest absolute Gasteiger partial charge is 0.359 e. The van der Waals surface area contributed by atoms with Crippen LogP contribution in [0.2, 0.25) is 0 Å². The maximum Gasteiger partial charge on any atom is 0.157 e. The molecular formula is C13H18N2S2. The maximum absolute atomic E-state index is 4.81. The van der Waals surface area contributed by atoms with Crippen LogP contribution in [-0.4, -0.2) is 16.5 Å². The van der Waals surface area contributed by atoms with Crippen molar-refractivity contribution in [3.63, 3.8) is 0 Å². The zero-order chi connectivity index (χ0) is 11.7. The quantitative estimate of drug-likeness (QED) is 0.880. The Morgan fingerprint density at radius 3 is 2.94 bits per heavy atom. The van der Waals surface area contributed by atoms with Gasteiger partial charge >= 0.3 is 0 Å². The summed E-state index contributed by atoms with van der Waals surface area (Å²) in [4.78, 5) is 4.81. The molecule has 0 aromatic carbocycles. The molecule has 1 aromatic heterocycles. The van der Waals surface area contributed by atoms with Gasteiger partial charge in [-0.3, -0.25) is 4.99 Å². The molecule has 2 fully saturated rings. The molecule has 1 saturated carbocycles. The van der Waals surface area contributed by atoms with Gasteiger partial charge in [0.15, 0.2) is 5.17 Å². The fourth-order valence-electron chi connectivity index (χ4n) is 2.66. The van der Waals surface area contributed by atoms with Crippen molar-refractivity contribution in [2.75, 3.05) is 5.75 Å². The van der Waals surface area contributed by atoms with Gasteiger partial charge in [0.05, 0.1) is 6.04 Å². The van der Waals surface area contributed by atoms with E-state index in [-0.39, 0.29) is 6.04 Å². The molecule has 0 bridgehead atoms. The van der Waals surface area contributed by atoms with Gasteiger partial charge in [0.1, 0.15) is 0 Å². The molecule has 1 unspecified atom stereocenters. The summed E-state index contributed by atoms with van der Waals surface area (Å²) in [6, 6.07) is 2.46. The molecule has 1 aliphatic carbocycles. The molecule has 4 heteroatoms. The second kappa shape index (κ2) is 4.65. The van der Waals surface area contributed by atoms with Crippen molar-refractivity contribution in [3.8, 4) is 0 Å². The molecule has 2 nitrogen and oxygen atoms in total. The van der Waals surface area contributed by atoms with Gasteiger partial charge in [-0.2, -0.15) is 11.3 Å². The van der Waals surface area contributed by atoms with Crippen molar-refractivity contribution in [1.82, 2.24) is 5.32 Å². The third-order valence-electron chi connectivity index (χ3n) is 3.75. The Hall–Kier alpha value is -0.480. The monoisotopic (exact) mass is 266 g/mol. The van der Waals surface area contributed by atoms with Gasteiger partial charge in [-0.15, -0.1) is 0 Å². The fourth-order valence-corrected chi connectivity index (χ4v) is 4.70.